The van der Waals surface area contributed by atoms with Gasteiger partial charge in [0.1, 0.15) is 10.6 Å². The molecule has 162 valence electrons. The first-order valence-corrected chi connectivity index (χ1v) is 11.4. The Morgan fingerprint density at radius 2 is 1.87 bits per heavy atom. The van der Waals surface area contributed by atoms with Crippen molar-refractivity contribution < 1.29 is 13.2 Å². The molecule has 31 heavy (non-hydrogen) atoms. The second-order valence-corrected chi connectivity index (χ2v) is 9.27. The maximum Gasteiger partial charge on any atom is 0.246 e. The molecule has 0 unspecified atom stereocenters. The lowest BCUT2D eigenvalue weighted by molar-refractivity contribution is 0.314. The van der Waals surface area contributed by atoms with E-state index in [-0.39, 0.29) is 10.8 Å². The largest absolute Gasteiger partial charge is 0.495 e. The third kappa shape index (κ3) is 4.64. The maximum atomic E-state index is 13.2. The minimum atomic E-state index is -3.64. The van der Waals surface area contributed by atoms with Crippen molar-refractivity contribution in [2.24, 2.45) is 0 Å². The third-order valence-corrected chi connectivity index (χ3v) is 7.19. The molecule has 0 atom stereocenters. The summed E-state index contributed by atoms with van der Waals surface area (Å²) in [6, 6.07) is 6.93. The van der Waals surface area contributed by atoms with Gasteiger partial charge in [-0.05, 0) is 43.5 Å². The number of rotatable bonds is 6. The topological polar surface area (TPSA) is 110 Å². The van der Waals surface area contributed by atoms with Gasteiger partial charge in [0, 0.05) is 37.6 Å². The average Bonchev–Trinajstić information content (AvgIpc) is 2.80. The molecular weight excluding hydrogens is 416 g/mol. The maximum absolute atomic E-state index is 13.2. The summed E-state index contributed by atoms with van der Waals surface area (Å²) in [7, 11) is -2.16. The number of ether oxygens (including phenoxy) is 1. The molecular formula is C21H24N6O3S. The first kappa shape index (κ1) is 21.1. The molecule has 2 aromatic heterocycles. The van der Waals surface area contributed by atoms with Crippen LogP contribution in [0.25, 0.3) is 0 Å². The molecule has 0 spiro atoms. The summed E-state index contributed by atoms with van der Waals surface area (Å²) >= 11 is 0. The zero-order chi connectivity index (χ0) is 21.8. The molecule has 1 aliphatic rings. The molecule has 0 amide bonds. The van der Waals surface area contributed by atoms with Gasteiger partial charge in [-0.2, -0.15) is 4.31 Å². The van der Waals surface area contributed by atoms with E-state index in [2.05, 4.69) is 25.3 Å². The zero-order valence-electron chi connectivity index (χ0n) is 17.4. The Hall–Kier alpha value is -3.11. The molecule has 1 aliphatic heterocycles. The Labute approximate surface area is 181 Å². The van der Waals surface area contributed by atoms with Crippen LogP contribution in [0.1, 0.15) is 30.0 Å². The van der Waals surface area contributed by atoms with Crippen molar-refractivity contribution >= 4 is 21.8 Å². The van der Waals surface area contributed by atoms with Crippen LogP contribution < -0.4 is 10.1 Å². The minimum absolute atomic E-state index is 0.122. The molecule has 3 aromatic rings. The zero-order valence-corrected chi connectivity index (χ0v) is 18.2. The standard InChI is InChI=1S/C21H24N6O3S/c1-15-4-5-18(30-2)19(12-15)31(28,29)27-10-6-16(7-11-27)17-13-22-14-20(25-17)26-21-23-8-3-9-24-21/h3-5,8-9,12-14,16H,6-7,10-11H2,1-2H3,(H,23,24,25,26). The Kier molecular flexibility index (Phi) is 6.10. The summed E-state index contributed by atoms with van der Waals surface area (Å²) in [6.45, 7) is 2.68. The molecule has 3 heterocycles. The number of sulfonamides is 1. The number of aromatic nitrogens is 4. The number of methoxy groups -OCH3 is 1. The van der Waals surface area contributed by atoms with Gasteiger partial charge in [0.15, 0.2) is 5.82 Å². The Morgan fingerprint density at radius 3 is 2.58 bits per heavy atom. The lowest BCUT2D eigenvalue weighted by Crippen LogP contribution is -2.38. The van der Waals surface area contributed by atoms with Gasteiger partial charge in [0.05, 0.1) is 19.0 Å². The highest BCUT2D eigenvalue weighted by molar-refractivity contribution is 7.89. The van der Waals surface area contributed by atoms with Gasteiger partial charge in [0.25, 0.3) is 0 Å². The molecule has 0 radical (unpaired) electrons. The highest BCUT2D eigenvalue weighted by Crippen LogP contribution is 2.33. The molecule has 10 heteroatoms. The molecule has 1 saturated heterocycles. The summed E-state index contributed by atoms with van der Waals surface area (Å²) < 4.78 is 33.2. The predicted molar refractivity (Wildman–Crippen MR) is 116 cm³/mol. The summed E-state index contributed by atoms with van der Waals surface area (Å²) in [6.07, 6.45) is 7.96. The van der Waals surface area contributed by atoms with Crippen LogP contribution in [-0.4, -0.2) is 52.9 Å². The van der Waals surface area contributed by atoms with E-state index >= 15 is 0 Å². The fourth-order valence-corrected chi connectivity index (χ4v) is 5.34. The van der Waals surface area contributed by atoms with Gasteiger partial charge in [-0.3, -0.25) is 4.98 Å². The van der Waals surface area contributed by atoms with Crippen LogP contribution in [0.3, 0.4) is 0 Å². The van der Waals surface area contributed by atoms with E-state index in [9.17, 15) is 8.42 Å². The average molecular weight is 441 g/mol. The van der Waals surface area contributed by atoms with Crippen molar-refractivity contribution in [2.45, 2.75) is 30.6 Å². The highest BCUT2D eigenvalue weighted by Gasteiger charge is 2.32. The second kappa shape index (κ2) is 8.94. The molecule has 4 rings (SSSR count). The Morgan fingerprint density at radius 1 is 1.13 bits per heavy atom. The van der Waals surface area contributed by atoms with Crippen LogP contribution in [0.15, 0.2) is 53.9 Å². The monoisotopic (exact) mass is 440 g/mol. The van der Waals surface area contributed by atoms with Crippen LogP contribution in [-0.2, 0) is 10.0 Å². The number of anilines is 2. The summed E-state index contributed by atoms with van der Waals surface area (Å²) in [5.41, 5.74) is 1.70. The summed E-state index contributed by atoms with van der Waals surface area (Å²) in [5.74, 6) is 1.49. The third-order valence-electron chi connectivity index (χ3n) is 5.27. The number of piperidine rings is 1. The lowest BCUT2D eigenvalue weighted by Gasteiger charge is -2.31. The smallest absolute Gasteiger partial charge is 0.246 e. The molecule has 1 aromatic carbocycles. The van der Waals surface area contributed by atoms with Crippen LogP contribution in [0.5, 0.6) is 5.75 Å². The molecule has 9 nitrogen and oxygen atoms in total. The van der Waals surface area contributed by atoms with Gasteiger partial charge in [0.2, 0.25) is 16.0 Å². The van der Waals surface area contributed by atoms with E-state index in [1.807, 2.05) is 13.0 Å². The molecule has 0 saturated carbocycles. The first-order valence-electron chi connectivity index (χ1n) is 9.98. The normalized spacial score (nSPS) is 15.5. The van der Waals surface area contributed by atoms with Crippen molar-refractivity contribution in [1.82, 2.24) is 24.2 Å². The van der Waals surface area contributed by atoms with Crippen molar-refractivity contribution in [1.29, 1.82) is 0 Å². The van der Waals surface area contributed by atoms with E-state index in [1.54, 1.807) is 43.0 Å². The molecule has 0 bridgehead atoms. The summed E-state index contributed by atoms with van der Waals surface area (Å²) in [4.78, 5) is 17.4. The second-order valence-electron chi connectivity index (χ2n) is 7.36. The van der Waals surface area contributed by atoms with Crippen LogP contribution in [0, 0.1) is 6.92 Å². The first-order chi connectivity index (χ1) is 15.0. The molecule has 1 fully saturated rings. The van der Waals surface area contributed by atoms with Crippen LogP contribution in [0.4, 0.5) is 11.8 Å². The van der Waals surface area contributed by atoms with Gasteiger partial charge in [-0.15, -0.1) is 0 Å². The number of nitrogens with zero attached hydrogens (tertiary/aromatic N) is 5. The van der Waals surface area contributed by atoms with Gasteiger partial charge >= 0.3 is 0 Å². The van der Waals surface area contributed by atoms with E-state index in [0.717, 1.165) is 11.3 Å². The van der Waals surface area contributed by atoms with E-state index in [1.165, 1.54) is 11.4 Å². The van der Waals surface area contributed by atoms with E-state index < -0.39 is 10.0 Å². The SMILES string of the molecule is COc1ccc(C)cc1S(=O)(=O)N1CCC(c2cncc(Nc3ncccn3)n2)CC1. The Balaban J connectivity index is 1.47. The van der Waals surface area contributed by atoms with E-state index in [4.69, 9.17) is 4.74 Å². The molecule has 1 N–H and O–H groups in total. The fourth-order valence-electron chi connectivity index (χ4n) is 3.63. The Bertz CT molecular complexity index is 1150. The predicted octanol–water partition coefficient (Wildman–Crippen LogP) is 2.90. The van der Waals surface area contributed by atoms with Crippen LogP contribution in [0.2, 0.25) is 0 Å². The number of benzene rings is 1. The van der Waals surface area contributed by atoms with Gasteiger partial charge in [-0.25, -0.2) is 23.4 Å². The number of hydrogen-bond acceptors (Lipinski definition) is 8. The van der Waals surface area contributed by atoms with Crippen molar-refractivity contribution in [2.75, 3.05) is 25.5 Å². The quantitative estimate of drug-likeness (QED) is 0.623. The van der Waals surface area contributed by atoms with Crippen molar-refractivity contribution in [3.63, 3.8) is 0 Å². The van der Waals surface area contributed by atoms with Crippen molar-refractivity contribution in [3.8, 4) is 5.75 Å². The summed E-state index contributed by atoms with van der Waals surface area (Å²) in [5, 5.41) is 3.04. The van der Waals surface area contributed by atoms with Gasteiger partial charge in [-0.1, -0.05) is 6.07 Å². The number of hydrogen-bond donors (Lipinski definition) is 1. The number of aryl methyl sites for hydroxylation is 1. The van der Waals surface area contributed by atoms with Crippen molar-refractivity contribution in [3.05, 3.63) is 60.3 Å². The number of nitrogens with one attached hydrogen (secondary N) is 1. The van der Waals surface area contributed by atoms with Crippen LogP contribution >= 0.6 is 0 Å². The lowest BCUT2D eigenvalue weighted by atomic mass is 9.95. The highest BCUT2D eigenvalue weighted by atomic mass is 32.2. The fraction of sp³-hybridized carbons (Fsp3) is 0.333. The molecule has 0 aliphatic carbocycles. The van der Waals surface area contributed by atoms with E-state index in [0.29, 0.717) is 43.4 Å². The minimum Gasteiger partial charge on any atom is -0.495 e. The van der Waals surface area contributed by atoms with Gasteiger partial charge < -0.3 is 10.1 Å².